The number of carbonyl (C=O) groups excluding carboxylic acids is 2. The van der Waals surface area contributed by atoms with Crippen LogP contribution in [0.4, 0.5) is 5.69 Å². The smallest absolute Gasteiger partial charge is 0.358 e. The number of anilines is 1. The SMILES string of the molecule is O=C(COC(=O)c1csc(-c2ccccc2)n1)Nc1cc(Cl)ccc1Cl. The summed E-state index contributed by atoms with van der Waals surface area (Å²) in [4.78, 5) is 28.2. The van der Waals surface area contributed by atoms with Gasteiger partial charge in [0.1, 0.15) is 5.01 Å². The molecule has 132 valence electrons. The van der Waals surface area contributed by atoms with E-state index in [1.165, 1.54) is 17.4 Å². The van der Waals surface area contributed by atoms with Crippen molar-refractivity contribution in [3.8, 4) is 10.6 Å². The third kappa shape index (κ3) is 4.60. The van der Waals surface area contributed by atoms with Crippen LogP contribution in [0.1, 0.15) is 10.5 Å². The molecule has 5 nitrogen and oxygen atoms in total. The molecule has 0 fully saturated rings. The van der Waals surface area contributed by atoms with Gasteiger partial charge in [-0.1, -0.05) is 53.5 Å². The number of thiazole rings is 1. The lowest BCUT2D eigenvalue weighted by Crippen LogP contribution is -2.21. The minimum Gasteiger partial charge on any atom is -0.451 e. The molecule has 0 radical (unpaired) electrons. The normalized spacial score (nSPS) is 10.4. The molecule has 3 rings (SSSR count). The second-order valence-corrected chi connectivity index (χ2v) is 6.85. The van der Waals surface area contributed by atoms with Gasteiger partial charge in [-0.2, -0.15) is 0 Å². The Bertz CT molecular complexity index is 945. The van der Waals surface area contributed by atoms with Crippen LogP contribution >= 0.6 is 34.5 Å². The van der Waals surface area contributed by atoms with E-state index in [4.69, 9.17) is 27.9 Å². The number of hydrogen-bond acceptors (Lipinski definition) is 5. The number of ether oxygens (including phenoxy) is 1. The highest BCUT2D eigenvalue weighted by atomic mass is 35.5. The van der Waals surface area contributed by atoms with Crippen LogP contribution in [0.25, 0.3) is 10.6 Å². The molecule has 0 unspecified atom stereocenters. The number of rotatable bonds is 5. The van der Waals surface area contributed by atoms with Crippen molar-refractivity contribution in [3.63, 3.8) is 0 Å². The molecule has 0 atom stereocenters. The first-order valence-electron chi connectivity index (χ1n) is 7.46. The molecule has 26 heavy (non-hydrogen) atoms. The van der Waals surface area contributed by atoms with Crippen LogP contribution in [-0.2, 0) is 9.53 Å². The summed E-state index contributed by atoms with van der Waals surface area (Å²) in [6.07, 6.45) is 0. The summed E-state index contributed by atoms with van der Waals surface area (Å²) in [5.41, 5.74) is 1.41. The maximum absolute atomic E-state index is 12.1. The first-order chi connectivity index (χ1) is 12.5. The van der Waals surface area contributed by atoms with Crippen molar-refractivity contribution >= 4 is 52.1 Å². The third-order valence-electron chi connectivity index (χ3n) is 3.27. The second-order valence-electron chi connectivity index (χ2n) is 5.15. The first kappa shape index (κ1) is 18.4. The highest BCUT2D eigenvalue weighted by Gasteiger charge is 2.15. The number of halogens is 2. The van der Waals surface area contributed by atoms with Crippen LogP contribution in [0, 0.1) is 0 Å². The van der Waals surface area contributed by atoms with E-state index < -0.39 is 18.5 Å². The van der Waals surface area contributed by atoms with Crippen LogP contribution in [0.2, 0.25) is 10.0 Å². The molecule has 3 aromatic rings. The molecule has 2 aromatic carbocycles. The van der Waals surface area contributed by atoms with E-state index in [0.717, 1.165) is 5.56 Å². The van der Waals surface area contributed by atoms with Gasteiger partial charge in [0.05, 0.1) is 10.7 Å². The summed E-state index contributed by atoms with van der Waals surface area (Å²) in [6.45, 7) is -0.458. The zero-order valence-corrected chi connectivity index (χ0v) is 15.6. The van der Waals surface area contributed by atoms with Gasteiger partial charge in [-0.05, 0) is 18.2 Å². The maximum Gasteiger partial charge on any atom is 0.358 e. The lowest BCUT2D eigenvalue weighted by molar-refractivity contribution is -0.119. The van der Waals surface area contributed by atoms with Gasteiger partial charge in [0.2, 0.25) is 0 Å². The highest BCUT2D eigenvalue weighted by molar-refractivity contribution is 7.13. The fourth-order valence-corrected chi connectivity index (χ4v) is 3.20. The molecular formula is C18H12Cl2N2O3S. The van der Waals surface area contributed by atoms with E-state index in [1.54, 1.807) is 17.5 Å². The average Bonchev–Trinajstić information content (AvgIpc) is 3.14. The summed E-state index contributed by atoms with van der Waals surface area (Å²) >= 11 is 13.2. The van der Waals surface area contributed by atoms with Crippen LogP contribution < -0.4 is 5.32 Å². The lowest BCUT2D eigenvalue weighted by atomic mass is 10.2. The molecule has 0 aliphatic heterocycles. The van der Waals surface area contributed by atoms with Gasteiger partial charge in [-0.3, -0.25) is 4.79 Å². The summed E-state index contributed by atoms with van der Waals surface area (Å²) in [5.74, 6) is -1.20. The molecule has 0 aliphatic rings. The van der Waals surface area contributed by atoms with Crippen molar-refractivity contribution in [2.45, 2.75) is 0 Å². The van der Waals surface area contributed by atoms with E-state index >= 15 is 0 Å². The van der Waals surface area contributed by atoms with Gasteiger partial charge in [-0.15, -0.1) is 11.3 Å². The number of hydrogen-bond donors (Lipinski definition) is 1. The zero-order chi connectivity index (χ0) is 18.5. The minimum absolute atomic E-state index is 0.155. The number of nitrogens with zero attached hydrogens (tertiary/aromatic N) is 1. The maximum atomic E-state index is 12.1. The van der Waals surface area contributed by atoms with E-state index in [1.807, 2.05) is 30.3 Å². The Morgan fingerprint density at radius 3 is 2.65 bits per heavy atom. The van der Waals surface area contributed by atoms with Gasteiger partial charge >= 0.3 is 5.97 Å². The summed E-state index contributed by atoms with van der Waals surface area (Å²) in [7, 11) is 0. The number of amides is 1. The predicted octanol–water partition coefficient (Wildman–Crippen LogP) is 4.91. The lowest BCUT2D eigenvalue weighted by Gasteiger charge is -2.07. The van der Waals surface area contributed by atoms with Gasteiger partial charge < -0.3 is 10.1 Å². The average molecular weight is 407 g/mol. The molecule has 1 amide bonds. The van der Waals surface area contributed by atoms with Gasteiger partial charge in [0.25, 0.3) is 5.91 Å². The van der Waals surface area contributed by atoms with Gasteiger partial charge in [0.15, 0.2) is 12.3 Å². The Labute approximate surface area is 163 Å². The predicted molar refractivity (Wildman–Crippen MR) is 103 cm³/mol. The Morgan fingerprint density at radius 1 is 1.12 bits per heavy atom. The zero-order valence-electron chi connectivity index (χ0n) is 13.2. The van der Waals surface area contributed by atoms with Crippen molar-refractivity contribution in [2.75, 3.05) is 11.9 Å². The second kappa shape index (κ2) is 8.31. The Morgan fingerprint density at radius 2 is 1.88 bits per heavy atom. The van der Waals surface area contributed by atoms with Crippen LogP contribution in [0.3, 0.4) is 0 Å². The molecule has 0 spiro atoms. The van der Waals surface area contributed by atoms with Crippen molar-refractivity contribution in [1.82, 2.24) is 4.98 Å². The Hall–Kier alpha value is -2.41. The molecular weight excluding hydrogens is 395 g/mol. The molecule has 1 aromatic heterocycles. The molecule has 1 heterocycles. The minimum atomic E-state index is -0.671. The quantitative estimate of drug-likeness (QED) is 0.610. The topological polar surface area (TPSA) is 68.3 Å². The van der Waals surface area contributed by atoms with Gasteiger partial charge in [-0.25, -0.2) is 9.78 Å². The Kier molecular flexibility index (Phi) is 5.88. The highest BCUT2D eigenvalue weighted by Crippen LogP contribution is 2.25. The van der Waals surface area contributed by atoms with E-state index in [-0.39, 0.29) is 5.69 Å². The third-order valence-corrected chi connectivity index (χ3v) is 4.73. The number of nitrogens with one attached hydrogen (secondary N) is 1. The fraction of sp³-hybridized carbons (Fsp3) is 0.0556. The molecule has 1 N–H and O–H groups in total. The first-order valence-corrected chi connectivity index (χ1v) is 9.09. The van der Waals surface area contributed by atoms with Crippen LogP contribution in [0.5, 0.6) is 0 Å². The number of carbonyl (C=O) groups is 2. The molecule has 0 bridgehead atoms. The summed E-state index contributed by atoms with van der Waals surface area (Å²) in [6, 6.07) is 14.2. The van der Waals surface area contributed by atoms with E-state index in [9.17, 15) is 9.59 Å². The summed E-state index contributed by atoms with van der Waals surface area (Å²) in [5, 5.41) is 5.60. The van der Waals surface area contributed by atoms with Crippen molar-refractivity contribution in [1.29, 1.82) is 0 Å². The van der Waals surface area contributed by atoms with Crippen molar-refractivity contribution < 1.29 is 14.3 Å². The molecule has 0 saturated carbocycles. The summed E-state index contributed by atoms with van der Waals surface area (Å²) < 4.78 is 5.00. The Balaban J connectivity index is 1.58. The standard InChI is InChI=1S/C18H12Cl2N2O3S/c19-12-6-7-13(20)14(8-12)21-16(23)9-25-18(24)15-10-26-17(22-15)11-4-2-1-3-5-11/h1-8,10H,9H2,(H,21,23). The number of benzene rings is 2. The molecule has 0 saturated heterocycles. The van der Waals surface area contributed by atoms with Crippen molar-refractivity contribution in [2.24, 2.45) is 0 Å². The molecule has 0 aliphatic carbocycles. The fourth-order valence-electron chi connectivity index (χ4n) is 2.07. The number of aromatic nitrogens is 1. The number of esters is 1. The van der Waals surface area contributed by atoms with Crippen LogP contribution in [-0.4, -0.2) is 23.5 Å². The van der Waals surface area contributed by atoms with Crippen molar-refractivity contribution in [3.05, 3.63) is 69.7 Å². The molecule has 8 heteroatoms. The van der Waals surface area contributed by atoms with Gasteiger partial charge in [0, 0.05) is 16.0 Å². The van der Waals surface area contributed by atoms with E-state index in [0.29, 0.717) is 20.7 Å². The van der Waals surface area contributed by atoms with Crippen LogP contribution in [0.15, 0.2) is 53.9 Å². The van der Waals surface area contributed by atoms with E-state index in [2.05, 4.69) is 10.3 Å². The monoisotopic (exact) mass is 406 g/mol. The largest absolute Gasteiger partial charge is 0.451 e.